The lowest BCUT2D eigenvalue weighted by Gasteiger charge is -2.00. The van der Waals surface area contributed by atoms with Crippen LogP contribution in [-0.2, 0) is 6.18 Å². The van der Waals surface area contributed by atoms with E-state index in [4.69, 9.17) is 5.26 Å². The van der Waals surface area contributed by atoms with Crippen LogP contribution in [0.5, 0.6) is 0 Å². The zero-order valence-electron chi connectivity index (χ0n) is 8.72. The molecule has 0 aliphatic heterocycles. The van der Waals surface area contributed by atoms with Crippen molar-refractivity contribution in [1.82, 2.24) is 10.2 Å². The SMILES string of the molecule is N#Cc1cc(Br)cc(-c2cc(C(F)(F)F)[nH]n2)c1. The van der Waals surface area contributed by atoms with Crippen molar-refractivity contribution in [2.24, 2.45) is 0 Å². The normalized spacial score (nSPS) is 11.3. The smallest absolute Gasteiger partial charge is 0.273 e. The molecule has 18 heavy (non-hydrogen) atoms. The number of aromatic amines is 1. The van der Waals surface area contributed by atoms with Crippen molar-refractivity contribution in [2.75, 3.05) is 0 Å². The Kier molecular flexibility index (Phi) is 3.13. The van der Waals surface area contributed by atoms with Crippen molar-refractivity contribution in [3.05, 3.63) is 40.0 Å². The molecule has 2 aromatic rings. The summed E-state index contributed by atoms with van der Waals surface area (Å²) >= 11 is 3.19. The number of halogens is 4. The van der Waals surface area contributed by atoms with Gasteiger partial charge in [0.1, 0.15) is 5.69 Å². The first-order valence-corrected chi connectivity index (χ1v) is 5.53. The highest BCUT2D eigenvalue weighted by Gasteiger charge is 2.33. The lowest BCUT2D eigenvalue weighted by molar-refractivity contribution is -0.141. The van der Waals surface area contributed by atoms with Crippen LogP contribution < -0.4 is 0 Å². The van der Waals surface area contributed by atoms with Crippen molar-refractivity contribution >= 4 is 15.9 Å². The fourth-order valence-electron chi connectivity index (χ4n) is 1.42. The number of benzene rings is 1. The quantitative estimate of drug-likeness (QED) is 0.871. The van der Waals surface area contributed by atoms with Crippen LogP contribution in [-0.4, -0.2) is 10.2 Å². The zero-order chi connectivity index (χ0) is 13.3. The summed E-state index contributed by atoms with van der Waals surface area (Å²) in [6.07, 6.45) is -4.46. The lowest BCUT2D eigenvalue weighted by atomic mass is 10.1. The van der Waals surface area contributed by atoms with Crippen molar-refractivity contribution in [2.45, 2.75) is 6.18 Å². The molecule has 0 unspecified atom stereocenters. The van der Waals surface area contributed by atoms with Crippen LogP contribution in [0.1, 0.15) is 11.3 Å². The van der Waals surface area contributed by atoms with Crippen molar-refractivity contribution in [3.63, 3.8) is 0 Å². The minimum Gasteiger partial charge on any atom is -0.273 e. The Morgan fingerprint density at radius 3 is 2.50 bits per heavy atom. The topological polar surface area (TPSA) is 52.5 Å². The highest BCUT2D eigenvalue weighted by molar-refractivity contribution is 9.10. The zero-order valence-corrected chi connectivity index (χ0v) is 10.3. The van der Waals surface area contributed by atoms with Crippen LogP contribution >= 0.6 is 15.9 Å². The number of H-pyrrole nitrogens is 1. The van der Waals surface area contributed by atoms with Gasteiger partial charge in [-0.25, -0.2) is 0 Å². The largest absolute Gasteiger partial charge is 0.432 e. The highest BCUT2D eigenvalue weighted by Crippen LogP contribution is 2.31. The number of nitrogens with zero attached hydrogens (tertiary/aromatic N) is 2. The molecule has 0 atom stereocenters. The van der Waals surface area contributed by atoms with Gasteiger partial charge < -0.3 is 0 Å². The van der Waals surface area contributed by atoms with Crippen molar-refractivity contribution in [1.29, 1.82) is 5.26 Å². The fourth-order valence-corrected chi connectivity index (χ4v) is 1.91. The second-order valence-corrected chi connectivity index (χ2v) is 4.42. The molecule has 1 heterocycles. The van der Waals surface area contributed by atoms with E-state index in [1.54, 1.807) is 12.1 Å². The van der Waals surface area contributed by atoms with E-state index in [0.717, 1.165) is 6.07 Å². The Balaban J connectivity index is 2.47. The average molecular weight is 316 g/mol. The molecule has 0 bridgehead atoms. The minimum absolute atomic E-state index is 0.139. The van der Waals surface area contributed by atoms with E-state index in [2.05, 4.69) is 21.0 Å². The molecule has 1 aromatic carbocycles. The van der Waals surface area contributed by atoms with E-state index in [1.165, 1.54) is 6.07 Å². The molecule has 1 N–H and O–H groups in total. The first kappa shape index (κ1) is 12.6. The third-order valence-corrected chi connectivity index (χ3v) is 2.66. The molecular weight excluding hydrogens is 311 g/mol. The first-order chi connectivity index (χ1) is 8.40. The molecule has 92 valence electrons. The van der Waals surface area contributed by atoms with Crippen LogP contribution in [0, 0.1) is 11.3 Å². The molecule has 0 fully saturated rings. The van der Waals surface area contributed by atoms with E-state index in [1.807, 2.05) is 11.2 Å². The molecule has 0 amide bonds. The number of hydrogen-bond donors (Lipinski definition) is 1. The van der Waals surface area contributed by atoms with Gasteiger partial charge in [-0.15, -0.1) is 0 Å². The summed E-state index contributed by atoms with van der Waals surface area (Å²) in [5, 5.41) is 14.3. The Morgan fingerprint density at radius 2 is 1.94 bits per heavy atom. The van der Waals surface area contributed by atoms with Crippen LogP contribution in [0.15, 0.2) is 28.7 Å². The molecule has 0 saturated carbocycles. The number of aromatic nitrogens is 2. The predicted octanol–water partition coefficient (Wildman–Crippen LogP) is 3.73. The van der Waals surface area contributed by atoms with Gasteiger partial charge in [0.2, 0.25) is 0 Å². The Labute approximate surface area is 108 Å². The van der Waals surface area contributed by atoms with Gasteiger partial charge in [-0.1, -0.05) is 15.9 Å². The Bertz CT molecular complexity index is 625. The summed E-state index contributed by atoms with van der Waals surface area (Å²) in [5.74, 6) is 0. The fraction of sp³-hybridized carbons (Fsp3) is 0.0909. The molecule has 0 aliphatic rings. The molecule has 2 rings (SSSR count). The summed E-state index contributed by atoms with van der Waals surface area (Å²) in [7, 11) is 0. The van der Waals surface area contributed by atoms with E-state index >= 15 is 0 Å². The van der Waals surface area contributed by atoms with Gasteiger partial charge in [0.05, 0.1) is 17.3 Å². The summed E-state index contributed by atoms with van der Waals surface area (Å²) < 4.78 is 37.8. The second kappa shape index (κ2) is 4.46. The number of alkyl halides is 3. The average Bonchev–Trinajstić information content (AvgIpc) is 2.77. The second-order valence-electron chi connectivity index (χ2n) is 3.51. The van der Waals surface area contributed by atoms with Crippen LogP contribution in [0.25, 0.3) is 11.3 Å². The van der Waals surface area contributed by atoms with Crippen molar-refractivity contribution in [3.8, 4) is 17.3 Å². The van der Waals surface area contributed by atoms with Crippen LogP contribution in [0.4, 0.5) is 13.2 Å². The van der Waals surface area contributed by atoms with Gasteiger partial charge in [-0.05, 0) is 24.3 Å². The molecule has 0 saturated heterocycles. The maximum absolute atomic E-state index is 12.4. The number of hydrogen-bond acceptors (Lipinski definition) is 2. The standard InChI is InChI=1S/C11H5BrF3N3/c12-8-2-6(5-16)1-7(3-8)9-4-10(18-17-9)11(13,14)15/h1-4H,(H,17,18). The molecule has 0 radical (unpaired) electrons. The van der Waals surface area contributed by atoms with Crippen LogP contribution in [0.2, 0.25) is 0 Å². The molecule has 3 nitrogen and oxygen atoms in total. The van der Waals surface area contributed by atoms with Gasteiger partial charge in [-0.2, -0.15) is 23.5 Å². The number of rotatable bonds is 1. The van der Waals surface area contributed by atoms with Gasteiger partial charge in [0, 0.05) is 10.0 Å². The van der Waals surface area contributed by atoms with Gasteiger partial charge in [0.25, 0.3) is 0 Å². The maximum atomic E-state index is 12.4. The molecular formula is C11H5BrF3N3. The Morgan fingerprint density at radius 1 is 1.22 bits per heavy atom. The molecule has 1 aromatic heterocycles. The third-order valence-electron chi connectivity index (χ3n) is 2.21. The van der Waals surface area contributed by atoms with E-state index in [0.29, 0.717) is 15.6 Å². The molecule has 0 spiro atoms. The first-order valence-electron chi connectivity index (χ1n) is 4.74. The molecule has 0 aliphatic carbocycles. The summed E-state index contributed by atoms with van der Waals surface area (Å²) in [4.78, 5) is 0. The predicted molar refractivity (Wildman–Crippen MR) is 61.4 cm³/mol. The highest BCUT2D eigenvalue weighted by atomic mass is 79.9. The van der Waals surface area contributed by atoms with Gasteiger partial charge >= 0.3 is 6.18 Å². The molecule has 7 heteroatoms. The van der Waals surface area contributed by atoms with E-state index in [-0.39, 0.29) is 5.69 Å². The maximum Gasteiger partial charge on any atom is 0.432 e. The lowest BCUT2D eigenvalue weighted by Crippen LogP contribution is -2.04. The number of nitrogens with one attached hydrogen (secondary N) is 1. The summed E-state index contributed by atoms with van der Waals surface area (Å²) in [6.45, 7) is 0. The summed E-state index contributed by atoms with van der Waals surface area (Å²) in [6, 6.07) is 7.47. The third kappa shape index (κ3) is 2.54. The number of nitriles is 1. The minimum atomic E-state index is -4.46. The van der Waals surface area contributed by atoms with Crippen LogP contribution in [0.3, 0.4) is 0 Å². The van der Waals surface area contributed by atoms with Gasteiger partial charge in [-0.3, -0.25) is 5.10 Å². The van der Waals surface area contributed by atoms with Crippen molar-refractivity contribution < 1.29 is 13.2 Å². The monoisotopic (exact) mass is 315 g/mol. The van der Waals surface area contributed by atoms with E-state index < -0.39 is 11.9 Å². The van der Waals surface area contributed by atoms with E-state index in [9.17, 15) is 13.2 Å². The van der Waals surface area contributed by atoms with Gasteiger partial charge in [0.15, 0.2) is 0 Å². The summed E-state index contributed by atoms with van der Waals surface area (Å²) in [5.41, 5.74) is -0.000262. The Hall–Kier alpha value is -1.81.